The van der Waals surface area contributed by atoms with E-state index in [9.17, 15) is 4.79 Å². The fourth-order valence-electron chi connectivity index (χ4n) is 3.63. The standard InChI is InChI=1S/C20H23N5O/c1-14-6-3-9-17(12-14)21-19(26)16-8-5-11-24(13-16)20-23-22-18-10-4-7-15(2)25(18)20/h3-4,6-7,9-10,12,16H,5,8,11,13H2,1-2H3,(H,21,26)/t16-/m1/s1. The molecule has 0 saturated carbocycles. The van der Waals surface area contributed by atoms with Crippen molar-refractivity contribution in [3.63, 3.8) is 0 Å². The normalized spacial score (nSPS) is 17.5. The van der Waals surface area contributed by atoms with E-state index >= 15 is 0 Å². The van der Waals surface area contributed by atoms with Crippen LogP contribution in [-0.2, 0) is 4.79 Å². The molecule has 6 nitrogen and oxygen atoms in total. The molecule has 1 aromatic carbocycles. The number of carbonyl (C=O) groups is 1. The smallest absolute Gasteiger partial charge is 0.231 e. The molecular formula is C20H23N5O. The lowest BCUT2D eigenvalue weighted by Crippen LogP contribution is -2.41. The van der Waals surface area contributed by atoms with Crippen molar-refractivity contribution < 1.29 is 4.79 Å². The number of hydrogen-bond acceptors (Lipinski definition) is 4. The van der Waals surface area contributed by atoms with Crippen molar-refractivity contribution in [3.05, 3.63) is 53.7 Å². The highest BCUT2D eigenvalue weighted by atomic mass is 16.1. The first kappa shape index (κ1) is 16.6. The highest BCUT2D eigenvalue weighted by Gasteiger charge is 2.28. The first-order chi connectivity index (χ1) is 12.6. The topological polar surface area (TPSA) is 62.5 Å². The number of aromatic nitrogens is 3. The van der Waals surface area contributed by atoms with Gasteiger partial charge in [-0.1, -0.05) is 18.2 Å². The zero-order valence-electron chi connectivity index (χ0n) is 15.1. The van der Waals surface area contributed by atoms with Crippen molar-refractivity contribution in [2.45, 2.75) is 26.7 Å². The zero-order valence-corrected chi connectivity index (χ0v) is 15.1. The number of amides is 1. The van der Waals surface area contributed by atoms with Crippen molar-refractivity contribution in [2.24, 2.45) is 5.92 Å². The summed E-state index contributed by atoms with van der Waals surface area (Å²) in [5, 5.41) is 11.7. The molecule has 1 N–H and O–H groups in total. The van der Waals surface area contributed by atoms with Gasteiger partial charge in [-0.15, -0.1) is 10.2 Å². The second-order valence-corrected chi connectivity index (χ2v) is 7.00. The molecular weight excluding hydrogens is 326 g/mol. The number of aryl methyl sites for hydroxylation is 2. The van der Waals surface area contributed by atoms with Crippen LogP contribution in [0.2, 0.25) is 0 Å². The number of pyridine rings is 1. The third-order valence-electron chi connectivity index (χ3n) is 4.97. The number of nitrogens with one attached hydrogen (secondary N) is 1. The van der Waals surface area contributed by atoms with E-state index in [1.807, 2.05) is 56.3 Å². The lowest BCUT2D eigenvalue weighted by atomic mass is 9.97. The number of carbonyl (C=O) groups excluding carboxylic acids is 1. The lowest BCUT2D eigenvalue weighted by molar-refractivity contribution is -0.120. The summed E-state index contributed by atoms with van der Waals surface area (Å²) >= 11 is 0. The lowest BCUT2D eigenvalue weighted by Gasteiger charge is -2.32. The summed E-state index contributed by atoms with van der Waals surface area (Å²) in [4.78, 5) is 14.9. The van der Waals surface area contributed by atoms with E-state index in [1.54, 1.807) is 0 Å². The number of fused-ring (bicyclic) bond motifs is 1. The Balaban J connectivity index is 1.53. The molecule has 1 atom stereocenters. The predicted octanol–water partition coefficient (Wildman–Crippen LogP) is 3.20. The Morgan fingerprint density at radius 2 is 2.00 bits per heavy atom. The number of hydrogen-bond donors (Lipinski definition) is 1. The molecule has 0 unspecified atom stereocenters. The van der Waals surface area contributed by atoms with Crippen LogP contribution in [0.3, 0.4) is 0 Å². The van der Waals surface area contributed by atoms with Gasteiger partial charge in [0.1, 0.15) is 0 Å². The van der Waals surface area contributed by atoms with Crippen molar-refractivity contribution in [2.75, 3.05) is 23.3 Å². The van der Waals surface area contributed by atoms with E-state index in [1.165, 1.54) is 0 Å². The third-order valence-corrected chi connectivity index (χ3v) is 4.97. The Morgan fingerprint density at radius 3 is 2.85 bits per heavy atom. The molecule has 1 aliphatic heterocycles. The maximum Gasteiger partial charge on any atom is 0.231 e. The van der Waals surface area contributed by atoms with Crippen LogP contribution in [0.5, 0.6) is 0 Å². The quantitative estimate of drug-likeness (QED) is 0.789. The van der Waals surface area contributed by atoms with E-state index < -0.39 is 0 Å². The molecule has 1 amide bonds. The summed E-state index contributed by atoms with van der Waals surface area (Å²) < 4.78 is 2.06. The van der Waals surface area contributed by atoms with E-state index in [0.29, 0.717) is 6.54 Å². The average molecular weight is 349 g/mol. The van der Waals surface area contributed by atoms with Crippen molar-refractivity contribution in [3.8, 4) is 0 Å². The van der Waals surface area contributed by atoms with Gasteiger partial charge >= 0.3 is 0 Å². The summed E-state index contributed by atoms with van der Waals surface area (Å²) in [5.41, 5.74) is 3.93. The second kappa shape index (κ2) is 6.78. The molecule has 1 fully saturated rings. The van der Waals surface area contributed by atoms with Gasteiger partial charge in [-0.2, -0.15) is 0 Å². The molecule has 1 aliphatic rings. The van der Waals surface area contributed by atoms with Crippen LogP contribution in [0.4, 0.5) is 11.6 Å². The Hall–Kier alpha value is -2.89. The Morgan fingerprint density at radius 1 is 1.15 bits per heavy atom. The van der Waals surface area contributed by atoms with Crippen LogP contribution in [0.15, 0.2) is 42.5 Å². The number of rotatable bonds is 3. The van der Waals surface area contributed by atoms with Gasteiger partial charge in [0, 0.05) is 24.5 Å². The largest absolute Gasteiger partial charge is 0.340 e. The minimum atomic E-state index is -0.0550. The summed E-state index contributed by atoms with van der Waals surface area (Å²) in [7, 11) is 0. The summed E-state index contributed by atoms with van der Waals surface area (Å²) in [5.74, 6) is 0.845. The predicted molar refractivity (Wildman–Crippen MR) is 102 cm³/mol. The molecule has 2 aromatic heterocycles. The highest BCUT2D eigenvalue weighted by molar-refractivity contribution is 5.93. The average Bonchev–Trinajstić information content (AvgIpc) is 3.07. The molecule has 3 heterocycles. The minimum Gasteiger partial charge on any atom is -0.340 e. The van der Waals surface area contributed by atoms with Crippen LogP contribution in [0.1, 0.15) is 24.1 Å². The molecule has 6 heteroatoms. The van der Waals surface area contributed by atoms with Gasteiger partial charge in [0.2, 0.25) is 11.9 Å². The van der Waals surface area contributed by atoms with Gasteiger partial charge in [0.25, 0.3) is 0 Å². The molecule has 3 aromatic rings. The van der Waals surface area contributed by atoms with E-state index in [-0.39, 0.29) is 11.8 Å². The van der Waals surface area contributed by atoms with Gasteiger partial charge in [-0.05, 0) is 56.5 Å². The van der Waals surface area contributed by atoms with E-state index in [4.69, 9.17) is 0 Å². The molecule has 0 radical (unpaired) electrons. The maximum absolute atomic E-state index is 12.7. The number of nitrogens with zero attached hydrogens (tertiary/aromatic N) is 4. The molecule has 0 bridgehead atoms. The Kier molecular flexibility index (Phi) is 4.32. The van der Waals surface area contributed by atoms with Gasteiger partial charge in [-0.3, -0.25) is 9.20 Å². The number of benzene rings is 1. The van der Waals surface area contributed by atoms with Crippen molar-refractivity contribution in [1.82, 2.24) is 14.6 Å². The van der Waals surface area contributed by atoms with Crippen LogP contribution in [0, 0.1) is 19.8 Å². The van der Waals surface area contributed by atoms with Crippen LogP contribution >= 0.6 is 0 Å². The fraction of sp³-hybridized carbons (Fsp3) is 0.350. The molecule has 26 heavy (non-hydrogen) atoms. The molecule has 0 aliphatic carbocycles. The first-order valence-electron chi connectivity index (χ1n) is 9.05. The van der Waals surface area contributed by atoms with Crippen LogP contribution in [-0.4, -0.2) is 33.6 Å². The molecule has 0 spiro atoms. The van der Waals surface area contributed by atoms with Crippen molar-refractivity contribution >= 4 is 23.2 Å². The third kappa shape index (κ3) is 3.14. The van der Waals surface area contributed by atoms with E-state index in [0.717, 1.165) is 47.9 Å². The minimum absolute atomic E-state index is 0.0550. The second-order valence-electron chi connectivity index (χ2n) is 7.00. The SMILES string of the molecule is Cc1cccc(NC(=O)[C@@H]2CCCN(c3nnc4cccc(C)n34)C2)c1. The monoisotopic (exact) mass is 349 g/mol. The molecule has 134 valence electrons. The van der Waals surface area contributed by atoms with Crippen LogP contribution in [0.25, 0.3) is 5.65 Å². The van der Waals surface area contributed by atoms with Gasteiger partial charge in [0.05, 0.1) is 5.92 Å². The fourth-order valence-corrected chi connectivity index (χ4v) is 3.63. The summed E-state index contributed by atoms with van der Waals surface area (Å²) in [6.45, 7) is 5.62. The summed E-state index contributed by atoms with van der Waals surface area (Å²) in [6, 6.07) is 13.9. The van der Waals surface area contributed by atoms with E-state index in [2.05, 4.69) is 24.8 Å². The Labute approximate surface area is 152 Å². The highest BCUT2D eigenvalue weighted by Crippen LogP contribution is 2.24. The first-order valence-corrected chi connectivity index (χ1v) is 9.05. The Bertz CT molecular complexity index is 948. The molecule has 1 saturated heterocycles. The zero-order chi connectivity index (χ0) is 18.1. The van der Waals surface area contributed by atoms with Gasteiger partial charge < -0.3 is 10.2 Å². The van der Waals surface area contributed by atoms with Crippen molar-refractivity contribution in [1.29, 1.82) is 0 Å². The van der Waals surface area contributed by atoms with Gasteiger partial charge in [-0.25, -0.2) is 0 Å². The molecule has 4 rings (SSSR count). The summed E-state index contributed by atoms with van der Waals surface area (Å²) in [6.07, 6.45) is 1.86. The van der Waals surface area contributed by atoms with Crippen LogP contribution < -0.4 is 10.2 Å². The number of anilines is 2. The number of piperidine rings is 1. The maximum atomic E-state index is 12.7. The van der Waals surface area contributed by atoms with Gasteiger partial charge in [0.15, 0.2) is 5.65 Å².